The molecule has 3 unspecified atom stereocenters. The molecular formula is C14H16F7N3O2. The molecule has 0 spiro atoms. The topological polar surface area (TPSA) is 73.2 Å². The normalized spacial score (nSPS) is 22.7. The van der Waals surface area contributed by atoms with Crippen LogP contribution in [0.5, 0.6) is 0 Å². The molecule has 1 saturated heterocycles. The third-order valence-electron chi connectivity index (χ3n) is 3.87. The Labute approximate surface area is 144 Å². The molecule has 26 heavy (non-hydrogen) atoms. The van der Waals surface area contributed by atoms with Crippen molar-refractivity contribution in [1.82, 2.24) is 10.2 Å². The molecule has 0 aromatic heterocycles. The Morgan fingerprint density at radius 2 is 1.77 bits per heavy atom. The second-order valence-corrected chi connectivity index (χ2v) is 6.26. The van der Waals surface area contributed by atoms with E-state index in [0.29, 0.717) is 6.42 Å². The third kappa shape index (κ3) is 4.19. The average Bonchev–Trinajstić information content (AvgIpc) is 2.86. The van der Waals surface area contributed by atoms with Crippen molar-refractivity contribution in [2.24, 2.45) is 5.92 Å². The van der Waals surface area contributed by atoms with Gasteiger partial charge in [0, 0.05) is 19.0 Å². The van der Waals surface area contributed by atoms with Crippen LogP contribution in [0.25, 0.3) is 0 Å². The van der Waals surface area contributed by atoms with E-state index in [2.05, 4.69) is 0 Å². The van der Waals surface area contributed by atoms with Gasteiger partial charge in [0.1, 0.15) is 6.04 Å². The Balaban J connectivity index is 2.76. The van der Waals surface area contributed by atoms with Crippen molar-refractivity contribution in [3.05, 3.63) is 0 Å². The van der Waals surface area contributed by atoms with E-state index in [1.165, 1.54) is 5.32 Å². The predicted octanol–water partition coefficient (Wildman–Crippen LogP) is 2.47. The van der Waals surface area contributed by atoms with Crippen molar-refractivity contribution in [3.63, 3.8) is 0 Å². The number of carbonyl (C=O) groups is 2. The van der Waals surface area contributed by atoms with Gasteiger partial charge in [-0.05, 0) is 19.3 Å². The van der Waals surface area contributed by atoms with Crippen LogP contribution in [0.2, 0.25) is 0 Å². The molecule has 12 heteroatoms. The molecule has 3 atom stereocenters. The highest BCUT2D eigenvalue weighted by Crippen LogP contribution is 2.46. The Hall–Kier alpha value is -2.06. The van der Waals surface area contributed by atoms with Crippen molar-refractivity contribution in [1.29, 1.82) is 5.26 Å². The molecule has 2 amide bonds. The standard InChI is InChI=1S/C14H16F7N3O2/c1-7-3-9(5-22)24(6-7)10(25)4-8(2)23-11(26)12(15,16)13(17,18)14(19,20)21/h7-9H,3-4,6H2,1-2H3,(H,23,26). The van der Waals surface area contributed by atoms with Gasteiger partial charge in [-0.1, -0.05) is 6.92 Å². The molecule has 1 rings (SSSR count). The Morgan fingerprint density at radius 1 is 1.23 bits per heavy atom. The van der Waals surface area contributed by atoms with Gasteiger partial charge in [0.2, 0.25) is 5.91 Å². The van der Waals surface area contributed by atoms with E-state index in [1.807, 2.05) is 6.07 Å². The number of nitriles is 1. The number of carbonyl (C=O) groups excluding carboxylic acids is 2. The number of nitrogens with zero attached hydrogens (tertiary/aromatic N) is 2. The van der Waals surface area contributed by atoms with Crippen LogP contribution in [-0.2, 0) is 9.59 Å². The molecule has 1 aliphatic rings. The van der Waals surface area contributed by atoms with Crippen molar-refractivity contribution in [3.8, 4) is 6.07 Å². The summed E-state index contributed by atoms with van der Waals surface area (Å²) in [5.74, 6) is -16.2. The highest BCUT2D eigenvalue weighted by molar-refractivity contribution is 5.86. The summed E-state index contributed by atoms with van der Waals surface area (Å²) < 4.78 is 88.3. The smallest absolute Gasteiger partial charge is 0.348 e. The minimum Gasteiger partial charge on any atom is -0.348 e. The molecule has 0 aromatic carbocycles. The summed E-state index contributed by atoms with van der Waals surface area (Å²) in [6.45, 7) is 2.97. The Kier molecular flexibility index (Phi) is 6.16. The van der Waals surface area contributed by atoms with E-state index >= 15 is 0 Å². The first-order chi connectivity index (χ1) is 11.6. The summed E-state index contributed by atoms with van der Waals surface area (Å²) in [7, 11) is 0. The number of likely N-dealkylation sites (tertiary alicyclic amines) is 1. The first-order valence-electron chi connectivity index (χ1n) is 7.47. The maximum absolute atomic E-state index is 13.2. The van der Waals surface area contributed by atoms with E-state index < -0.39 is 48.3 Å². The molecule has 0 radical (unpaired) electrons. The second-order valence-electron chi connectivity index (χ2n) is 6.26. The SMILES string of the molecule is CC1CC(C#N)N(C(=O)CC(C)NC(=O)C(F)(F)C(F)(F)C(F)(F)F)C1. The van der Waals surface area contributed by atoms with Gasteiger partial charge in [-0.15, -0.1) is 0 Å². The number of hydrogen-bond acceptors (Lipinski definition) is 3. The summed E-state index contributed by atoms with van der Waals surface area (Å²) in [5, 5.41) is 10.2. The maximum atomic E-state index is 13.2. The number of hydrogen-bond donors (Lipinski definition) is 1. The zero-order valence-corrected chi connectivity index (χ0v) is 13.7. The number of rotatable bonds is 5. The minimum atomic E-state index is -6.63. The molecule has 1 fully saturated rings. The van der Waals surface area contributed by atoms with Gasteiger partial charge >= 0.3 is 18.0 Å². The summed E-state index contributed by atoms with van der Waals surface area (Å²) in [4.78, 5) is 24.4. The van der Waals surface area contributed by atoms with Gasteiger partial charge in [-0.3, -0.25) is 9.59 Å². The quantitative estimate of drug-likeness (QED) is 0.732. The number of alkyl halides is 7. The van der Waals surface area contributed by atoms with Gasteiger partial charge < -0.3 is 10.2 Å². The highest BCUT2D eigenvalue weighted by Gasteiger charge is 2.76. The van der Waals surface area contributed by atoms with Gasteiger partial charge in [-0.25, -0.2) is 0 Å². The third-order valence-corrected chi connectivity index (χ3v) is 3.87. The maximum Gasteiger partial charge on any atom is 0.460 e. The molecule has 1 heterocycles. The molecule has 0 aliphatic carbocycles. The molecule has 1 aliphatic heterocycles. The van der Waals surface area contributed by atoms with Crippen LogP contribution in [0.15, 0.2) is 0 Å². The first kappa shape index (κ1) is 22.0. The van der Waals surface area contributed by atoms with Crippen molar-refractivity contribution < 1.29 is 40.3 Å². The second kappa shape index (κ2) is 7.28. The lowest BCUT2D eigenvalue weighted by Crippen LogP contribution is -2.60. The Morgan fingerprint density at radius 3 is 2.23 bits per heavy atom. The molecule has 0 aromatic rings. The Bertz CT molecular complexity index is 600. The number of nitrogens with one attached hydrogen (secondary N) is 1. The number of halogens is 7. The first-order valence-corrected chi connectivity index (χ1v) is 7.47. The van der Waals surface area contributed by atoms with Crippen LogP contribution in [0.3, 0.4) is 0 Å². The largest absolute Gasteiger partial charge is 0.460 e. The predicted molar refractivity (Wildman–Crippen MR) is 73.1 cm³/mol. The number of amides is 2. The zero-order valence-electron chi connectivity index (χ0n) is 13.7. The van der Waals surface area contributed by atoms with Crippen LogP contribution < -0.4 is 5.32 Å². The fourth-order valence-electron chi connectivity index (χ4n) is 2.51. The summed E-state index contributed by atoms with van der Waals surface area (Å²) in [6, 6.07) is -0.324. The lowest BCUT2D eigenvalue weighted by Gasteiger charge is -2.28. The zero-order chi connectivity index (χ0) is 20.5. The van der Waals surface area contributed by atoms with E-state index in [-0.39, 0.29) is 12.5 Å². The summed E-state index contributed by atoms with van der Waals surface area (Å²) in [6.07, 6.45) is -6.87. The van der Waals surface area contributed by atoms with Crippen LogP contribution in [0.4, 0.5) is 30.7 Å². The van der Waals surface area contributed by atoms with Gasteiger partial charge in [0.05, 0.1) is 6.07 Å². The van der Waals surface area contributed by atoms with Gasteiger partial charge in [0.15, 0.2) is 0 Å². The fourth-order valence-corrected chi connectivity index (χ4v) is 2.51. The minimum absolute atomic E-state index is 0.00306. The molecule has 148 valence electrons. The van der Waals surface area contributed by atoms with E-state index in [4.69, 9.17) is 5.26 Å². The average molecular weight is 391 g/mol. The van der Waals surface area contributed by atoms with Gasteiger partial charge in [-0.2, -0.15) is 36.0 Å². The van der Waals surface area contributed by atoms with Crippen LogP contribution in [0, 0.1) is 17.2 Å². The van der Waals surface area contributed by atoms with Crippen molar-refractivity contribution in [2.45, 2.75) is 56.8 Å². The molecule has 5 nitrogen and oxygen atoms in total. The highest BCUT2D eigenvalue weighted by atomic mass is 19.4. The summed E-state index contributed by atoms with van der Waals surface area (Å²) in [5.41, 5.74) is 0. The fraction of sp³-hybridized carbons (Fsp3) is 0.786. The van der Waals surface area contributed by atoms with Gasteiger partial charge in [0.25, 0.3) is 5.91 Å². The van der Waals surface area contributed by atoms with E-state index in [0.717, 1.165) is 11.8 Å². The van der Waals surface area contributed by atoms with Crippen LogP contribution in [0.1, 0.15) is 26.7 Å². The molecular weight excluding hydrogens is 375 g/mol. The van der Waals surface area contributed by atoms with Crippen LogP contribution in [-0.4, -0.2) is 53.4 Å². The van der Waals surface area contributed by atoms with E-state index in [1.54, 1.807) is 6.92 Å². The molecule has 1 N–H and O–H groups in total. The lowest BCUT2D eigenvalue weighted by atomic mass is 10.1. The van der Waals surface area contributed by atoms with E-state index in [9.17, 15) is 40.3 Å². The monoisotopic (exact) mass is 391 g/mol. The summed E-state index contributed by atoms with van der Waals surface area (Å²) >= 11 is 0. The lowest BCUT2D eigenvalue weighted by molar-refractivity contribution is -0.344. The van der Waals surface area contributed by atoms with Crippen molar-refractivity contribution >= 4 is 11.8 Å². The molecule has 0 saturated carbocycles. The van der Waals surface area contributed by atoms with Crippen LogP contribution >= 0.6 is 0 Å². The van der Waals surface area contributed by atoms with Crippen molar-refractivity contribution in [2.75, 3.05) is 6.54 Å². The molecule has 0 bridgehead atoms.